The van der Waals surface area contributed by atoms with Crippen LogP contribution in [-0.4, -0.2) is 61.7 Å². The zero-order valence-corrected chi connectivity index (χ0v) is 15.4. The van der Waals surface area contributed by atoms with Crippen molar-refractivity contribution in [2.24, 2.45) is 0 Å². The van der Waals surface area contributed by atoms with Crippen LogP contribution in [0.4, 0.5) is 0 Å². The number of hydrogen-bond acceptors (Lipinski definition) is 9. The smallest absolute Gasteiger partial charge is 0.196 e. The van der Waals surface area contributed by atoms with Crippen molar-refractivity contribution < 1.29 is 39.8 Å². The monoisotopic (exact) mass is 396 g/mol. The summed E-state index contributed by atoms with van der Waals surface area (Å²) in [5.74, 6) is -0.857. The highest BCUT2D eigenvalue weighted by molar-refractivity contribution is 5.88. The van der Waals surface area contributed by atoms with E-state index in [2.05, 4.69) is 0 Å². The second-order valence-corrected chi connectivity index (χ2v) is 7.10. The molecule has 2 heterocycles. The van der Waals surface area contributed by atoms with Crippen LogP contribution in [0.25, 0.3) is 11.0 Å². The molecule has 0 radical (unpaired) electrons. The molecule has 9 nitrogen and oxygen atoms in total. The molecule has 1 aromatic carbocycles. The van der Waals surface area contributed by atoms with E-state index in [1.165, 1.54) is 6.07 Å². The Balaban J connectivity index is 2.27. The summed E-state index contributed by atoms with van der Waals surface area (Å²) in [5, 5.41) is 60.2. The summed E-state index contributed by atoms with van der Waals surface area (Å²) in [6.07, 6.45) is -6.92. The minimum absolute atomic E-state index is 0.135. The lowest BCUT2D eigenvalue weighted by atomic mass is 9.89. The number of rotatable bonds is 4. The van der Waals surface area contributed by atoms with Gasteiger partial charge < -0.3 is 39.8 Å². The fourth-order valence-corrected chi connectivity index (χ4v) is 3.40. The van der Waals surface area contributed by atoms with E-state index in [0.29, 0.717) is 12.2 Å². The van der Waals surface area contributed by atoms with Crippen molar-refractivity contribution in [1.82, 2.24) is 0 Å². The fraction of sp³-hybridized carbons (Fsp3) is 0.526. The van der Waals surface area contributed by atoms with Gasteiger partial charge in [-0.3, -0.25) is 4.79 Å². The van der Waals surface area contributed by atoms with Gasteiger partial charge in [0, 0.05) is 18.1 Å². The van der Waals surface area contributed by atoms with Gasteiger partial charge >= 0.3 is 0 Å². The zero-order chi connectivity index (χ0) is 20.7. The van der Waals surface area contributed by atoms with Gasteiger partial charge in [-0.15, -0.1) is 0 Å². The van der Waals surface area contributed by atoms with E-state index in [9.17, 15) is 35.4 Å². The van der Waals surface area contributed by atoms with Crippen LogP contribution in [0.5, 0.6) is 11.5 Å². The molecule has 0 amide bonds. The largest absolute Gasteiger partial charge is 0.507 e. The van der Waals surface area contributed by atoms with Crippen molar-refractivity contribution in [3.63, 3.8) is 0 Å². The maximum absolute atomic E-state index is 12.6. The molecular formula is C19H24O9. The summed E-state index contributed by atoms with van der Waals surface area (Å²) < 4.78 is 11.3. The lowest BCUT2D eigenvalue weighted by molar-refractivity contribution is -0.231. The van der Waals surface area contributed by atoms with E-state index in [1.807, 2.05) is 13.8 Å². The summed E-state index contributed by atoms with van der Waals surface area (Å²) in [6.45, 7) is 3.08. The molecule has 0 spiro atoms. The van der Waals surface area contributed by atoms with E-state index in [-0.39, 0.29) is 22.5 Å². The van der Waals surface area contributed by atoms with Gasteiger partial charge in [-0.1, -0.05) is 13.8 Å². The molecule has 2 aromatic rings. The number of aliphatic hydroxyl groups is 4. The van der Waals surface area contributed by atoms with Crippen LogP contribution in [0.15, 0.2) is 21.3 Å². The third-order valence-corrected chi connectivity index (χ3v) is 5.29. The van der Waals surface area contributed by atoms with Gasteiger partial charge in [0.15, 0.2) is 11.0 Å². The molecular weight excluding hydrogens is 372 g/mol. The van der Waals surface area contributed by atoms with Gasteiger partial charge in [-0.05, 0) is 6.42 Å². The molecule has 0 saturated carbocycles. The topological polar surface area (TPSA) is 161 Å². The normalized spacial score (nSPS) is 29.1. The molecule has 1 fully saturated rings. The van der Waals surface area contributed by atoms with E-state index < -0.39 is 54.1 Å². The first-order valence-electron chi connectivity index (χ1n) is 9.04. The quantitative estimate of drug-likeness (QED) is 0.425. The Morgan fingerprint density at radius 1 is 1.07 bits per heavy atom. The number of aromatic hydroxyl groups is 2. The number of phenols is 2. The molecule has 1 aliphatic rings. The second-order valence-electron chi connectivity index (χ2n) is 7.10. The highest BCUT2D eigenvalue weighted by atomic mass is 16.5. The van der Waals surface area contributed by atoms with Crippen LogP contribution in [-0.2, 0) is 4.74 Å². The summed E-state index contributed by atoms with van der Waals surface area (Å²) in [7, 11) is 0. The van der Waals surface area contributed by atoms with Crippen molar-refractivity contribution in [1.29, 1.82) is 0 Å². The molecule has 3 rings (SSSR count). The SMILES string of the molecule is CC[C@H](C)c1cc(=O)c2c(O)cc(O)c([C@@H]3O[C@H](CO)[C@@H](O)[C@H](O)[C@H]3O)c2o1. The molecule has 9 heteroatoms. The average molecular weight is 396 g/mol. The Morgan fingerprint density at radius 3 is 2.36 bits per heavy atom. The van der Waals surface area contributed by atoms with E-state index in [0.717, 1.165) is 6.07 Å². The molecule has 0 unspecified atom stereocenters. The standard InChI is InChI=1S/C19H24O9/c1-3-7(2)11-5-10(23)13-8(21)4-9(22)14(18(13)27-11)19-17(26)16(25)15(24)12(6-20)28-19/h4-5,7,12,15-17,19-22,24-26H,3,6H2,1-2H3/t7-,12+,15+,16-,17+,19-/m0/s1. The zero-order valence-electron chi connectivity index (χ0n) is 15.4. The number of phenolic OH excluding ortho intramolecular Hbond substituents is 2. The Labute approximate surface area is 160 Å². The van der Waals surface area contributed by atoms with Gasteiger partial charge in [0.25, 0.3) is 0 Å². The Bertz CT molecular complexity index is 920. The molecule has 1 aromatic heterocycles. The molecule has 0 bridgehead atoms. The van der Waals surface area contributed by atoms with Crippen LogP contribution < -0.4 is 5.43 Å². The maximum atomic E-state index is 12.6. The third kappa shape index (κ3) is 3.25. The fourth-order valence-electron chi connectivity index (χ4n) is 3.40. The molecule has 154 valence electrons. The van der Waals surface area contributed by atoms with Gasteiger partial charge in [-0.2, -0.15) is 0 Å². The minimum atomic E-state index is -1.69. The summed E-state index contributed by atoms with van der Waals surface area (Å²) in [6, 6.07) is 2.17. The molecule has 28 heavy (non-hydrogen) atoms. The van der Waals surface area contributed by atoms with Crippen molar-refractivity contribution >= 4 is 11.0 Å². The summed E-state index contributed by atoms with van der Waals surface area (Å²) in [5.41, 5.74) is -0.892. The molecule has 6 atom stereocenters. The lowest BCUT2D eigenvalue weighted by Gasteiger charge is -2.40. The lowest BCUT2D eigenvalue weighted by Crippen LogP contribution is -2.55. The van der Waals surface area contributed by atoms with Crippen LogP contribution in [0.1, 0.15) is 43.6 Å². The predicted molar refractivity (Wildman–Crippen MR) is 97.2 cm³/mol. The van der Waals surface area contributed by atoms with Crippen molar-refractivity contribution in [3.8, 4) is 11.5 Å². The maximum Gasteiger partial charge on any atom is 0.196 e. The number of fused-ring (bicyclic) bond motifs is 1. The Hall–Kier alpha value is -2.17. The summed E-state index contributed by atoms with van der Waals surface area (Å²) >= 11 is 0. The Morgan fingerprint density at radius 2 is 1.75 bits per heavy atom. The average Bonchev–Trinajstić information content (AvgIpc) is 2.66. The van der Waals surface area contributed by atoms with Crippen LogP contribution in [0.2, 0.25) is 0 Å². The third-order valence-electron chi connectivity index (χ3n) is 5.29. The van der Waals surface area contributed by atoms with Crippen LogP contribution in [0, 0.1) is 0 Å². The number of hydrogen-bond donors (Lipinski definition) is 6. The number of aliphatic hydroxyl groups excluding tert-OH is 4. The highest BCUT2D eigenvalue weighted by Gasteiger charge is 2.46. The predicted octanol–water partition coefficient (Wildman–Crippen LogP) is 0.233. The van der Waals surface area contributed by atoms with E-state index in [1.54, 1.807) is 0 Å². The van der Waals surface area contributed by atoms with Gasteiger partial charge in [-0.25, -0.2) is 0 Å². The molecule has 1 saturated heterocycles. The van der Waals surface area contributed by atoms with Crippen molar-refractivity contribution in [2.45, 2.75) is 56.7 Å². The first-order valence-corrected chi connectivity index (χ1v) is 9.04. The van der Waals surface area contributed by atoms with Crippen molar-refractivity contribution in [3.05, 3.63) is 33.7 Å². The Kier molecular flexibility index (Phi) is 5.64. The number of ether oxygens (including phenoxy) is 1. The first kappa shape index (κ1) is 20.6. The molecule has 1 aliphatic heterocycles. The van der Waals surface area contributed by atoms with Gasteiger partial charge in [0.05, 0.1) is 12.2 Å². The molecule has 0 aliphatic carbocycles. The van der Waals surface area contributed by atoms with Crippen molar-refractivity contribution in [2.75, 3.05) is 6.61 Å². The van der Waals surface area contributed by atoms with Gasteiger partial charge in [0.2, 0.25) is 0 Å². The molecule has 6 N–H and O–H groups in total. The van der Waals surface area contributed by atoms with Crippen LogP contribution in [0.3, 0.4) is 0 Å². The van der Waals surface area contributed by atoms with E-state index in [4.69, 9.17) is 9.15 Å². The highest BCUT2D eigenvalue weighted by Crippen LogP contribution is 2.43. The first-order chi connectivity index (χ1) is 13.2. The second kappa shape index (κ2) is 7.69. The summed E-state index contributed by atoms with van der Waals surface area (Å²) in [4.78, 5) is 12.6. The number of benzene rings is 1. The van der Waals surface area contributed by atoms with E-state index >= 15 is 0 Å². The minimum Gasteiger partial charge on any atom is -0.507 e. The van der Waals surface area contributed by atoms with Gasteiger partial charge in [0.1, 0.15) is 53.2 Å². The van der Waals surface area contributed by atoms with Crippen LogP contribution >= 0.6 is 0 Å².